The lowest BCUT2D eigenvalue weighted by Gasteiger charge is -2.16. The van der Waals surface area contributed by atoms with E-state index in [-0.39, 0.29) is 11.5 Å². The number of methoxy groups -OCH3 is 1. The van der Waals surface area contributed by atoms with Crippen molar-refractivity contribution in [1.82, 2.24) is 4.98 Å². The average molecular weight is 295 g/mol. The molecule has 0 aliphatic rings. The Morgan fingerprint density at radius 2 is 1.95 bits per heavy atom. The van der Waals surface area contributed by atoms with Gasteiger partial charge in [0.15, 0.2) is 11.5 Å². The highest BCUT2D eigenvalue weighted by molar-refractivity contribution is 5.45. The molecule has 112 valence electrons. The molecule has 4 nitrogen and oxygen atoms in total. The minimum Gasteiger partial charge on any atom is -0.493 e. The summed E-state index contributed by atoms with van der Waals surface area (Å²) < 4.78 is 34.2. The first-order chi connectivity index (χ1) is 10.0. The fourth-order valence-electron chi connectivity index (χ4n) is 1.99. The number of aliphatic hydroxyl groups excluding tert-OH is 1. The third-order valence-electron chi connectivity index (χ3n) is 3.09. The lowest BCUT2D eigenvalue weighted by atomic mass is 9.99. The van der Waals surface area contributed by atoms with Crippen LogP contribution < -0.4 is 9.47 Å². The molecule has 1 aromatic carbocycles. The largest absolute Gasteiger partial charge is 0.493 e. The number of halogens is 2. The van der Waals surface area contributed by atoms with E-state index in [1.165, 1.54) is 25.4 Å². The van der Waals surface area contributed by atoms with Crippen molar-refractivity contribution in [3.63, 3.8) is 0 Å². The highest BCUT2D eigenvalue weighted by atomic mass is 19.3. The molecule has 0 radical (unpaired) electrons. The number of aliphatic hydroxyl groups is 1. The Balaban J connectivity index is 2.38. The summed E-state index contributed by atoms with van der Waals surface area (Å²) in [6.45, 7) is -1.13. The van der Waals surface area contributed by atoms with Crippen LogP contribution in [0.25, 0.3) is 0 Å². The standard InChI is InChI=1S/C15H15F2NO3/c1-9-5-6-18-8-11(9)14(19)10-3-4-12(20-2)13(7-10)21-15(16)17/h3-8,14-15,19H,1-2H3. The molecule has 1 aromatic heterocycles. The van der Waals surface area contributed by atoms with Crippen molar-refractivity contribution >= 4 is 0 Å². The maximum Gasteiger partial charge on any atom is 0.387 e. The predicted octanol–water partition coefficient (Wildman–Crippen LogP) is 3.08. The van der Waals surface area contributed by atoms with Crippen LogP contribution >= 0.6 is 0 Å². The van der Waals surface area contributed by atoms with Crippen LogP contribution in [0.2, 0.25) is 0 Å². The van der Waals surface area contributed by atoms with Crippen molar-refractivity contribution in [1.29, 1.82) is 0 Å². The second kappa shape index (κ2) is 6.49. The van der Waals surface area contributed by atoms with E-state index in [4.69, 9.17) is 4.74 Å². The second-order valence-electron chi connectivity index (χ2n) is 4.42. The van der Waals surface area contributed by atoms with E-state index in [1.807, 2.05) is 6.92 Å². The molecule has 0 aliphatic heterocycles. The van der Waals surface area contributed by atoms with Gasteiger partial charge in [-0.3, -0.25) is 4.98 Å². The zero-order valence-corrected chi connectivity index (χ0v) is 11.6. The van der Waals surface area contributed by atoms with Gasteiger partial charge in [0.2, 0.25) is 0 Å². The highest BCUT2D eigenvalue weighted by Gasteiger charge is 2.17. The third kappa shape index (κ3) is 3.46. The summed E-state index contributed by atoms with van der Waals surface area (Å²) in [5, 5.41) is 10.4. The number of pyridine rings is 1. The van der Waals surface area contributed by atoms with Crippen molar-refractivity contribution in [3.05, 3.63) is 53.3 Å². The number of nitrogens with zero attached hydrogens (tertiary/aromatic N) is 1. The van der Waals surface area contributed by atoms with Crippen molar-refractivity contribution in [2.75, 3.05) is 7.11 Å². The Labute approximate surface area is 121 Å². The fourth-order valence-corrected chi connectivity index (χ4v) is 1.99. The SMILES string of the molecule is COc1ccc(C(O)c2cnccc2C)cc1OC(F)F. The highest BCUT2D eigenvalue weighted by Crippen LogP contribution is 2.33. The lowest BCUT2D eigenvalue weighted by Crippen LogP contribution is -2.06. The van der Waals surface area contributed by atoms with Gasteiger partial charge in [-0.1, -0.05) is 6.07 Å². The molecular weight excluding hydrogens is 280 g/mol. The van der Waals surface area contributed by atoms with Crippen molar-refractivity contribution < 1.29 is 23.4 Å². The van der Waals surface area contributed by atoms with E-state index < -0.39 is 12.7 Å². The molecule has 1 unspecified atom stereocenters. The number of aryl methyl sites for hydroxylation is 1. The topological polar surface area (TPSA) is 51.6 Å². The first-order valence-corrected chi connectivity index (χ1v) is 6.24. The van der Waals surface area contributed by atoms with Crippen LogP contribution in [-0.4, -0.2) is 23.8 Å². The number of aromatic nitrogens is 1. The zero-order valence-electron chi connectivity index (χ0n) is 11.6. The minimum absolute atomic E-state index is 0.120. The normalized spacial score (nSPS) is 12.3. The van der Waals surface area contributed by atoms with Crippen LogP contribution in [0.3, 0.4) is 0 Å². The van der Waals surface area contributed by atoms with Crippen LogP contribution in [0.4, 0.5) is 8.78 Å². The quantitative estimate of drug-likeness (QED) is 0.921. The maximum absolute atomic E-state index is 12.4. The van der Waals surface area contributed by atoms with Crippen LogP contribution in [0, 0.1) is 6.92 Å². The number of alkyl halides is 2. The maximum atomic E-state index is 12.4. The van der Waals surface area contributed by atoms with Gasteiger partial charge in [-0.15, -0.1) is 0 Å². The zero-order chi connectivity index (χ0) is 15.4. The van der Waals surface area contributed by atoms with E-state index in [9.17, 15) is 13.9 Å². The van der Waals surface area contributed by atoms with Crippen LogP contribution in [0.5, 0.6) is 11.5 Å². The summed E-state index contributed by atoms with van der Waals surface area (Å²) in [7, 11) is 1.36. The van der Waals surface area contributed by atoms with Crippen molar-refractivity contribution in [3.8, 4) is 11.5 Å². The molecule has 1 N–H and O–H groups in total. The number of rotatable bonds is 5. The monoisotopic (exact) mass is 295 g/mol. The van der Waals surface area contributed by atoms with E-state index in [2.05, 4.69) is 9.72 Å². The van der Waals surface area contributed by atoms with E-state index in [1.54, 1.807) is 18.3 Å². The third-order valence-corrected chi connectivity index (χ3v) is 3.09. The van der Waals surface area contributed by atoms with E-state index >= 15 is 0 Å². The number of hydrogen-bond acceptors (Lipinski definition) is 4. The smallest absolute Gasteiger partial charge is 0.387 e. The van der Waals surface area contributed by atoms with Crippen molar-refractivity contribution in [2.45, 2.75) is 19.6 Å². The van der Waals surface area contributed by atoms with Gasteiger partial charge in [0.05, 0.1) is 7.11 Å². The van der Waals surface area contributed by atoms with Crippen molar-refractivity contribution in [2.24, 2.45) is 0 Å². The van der Waals surface area contributed by atoms with Gasteiger partial charge in [0, 0.05) is 18.0 Å². The van der Waals surface area contributed by atoms with Gasteiger partial charge in [0.25, 0.3) is 0 Å². The Kier molecular flexibility index (Phi) is 4.70. The minimum atomic E-state index is -2.97. The van der Waals surface area contributed by atoms with Gasteiger partial charge < -0.3 is 14.6 Å². The van der Waals surface area contributed by atoms with Gasteiger partial charge in [0.1, 0.15) is 6.10 Å². The molecule has 6 heteroatoms. The molecule has 1 heterocycles. The number of ether oxygens (including phenoxy) is 2. The van der Waals surface area contributed by atoms with Gasteiger partial charge >= 0.3 is 6.61 Å². The number of hydrogen-bond donors (Lipinski definition) is 1. The fraction of sp³-hybridized carbons (Fsp3) is 0.267. The molecule has 0 saturated heterocycles. The molecule has 1 atom stereocenters. The molecule has 0 bridgehead atoms. The summed E-state index contributed by atoms with van der Waals surface area (Å²) in [6, 6.07) is 6.16. The van der Waals surface area contributed by atoms with E-state index in [0.29, 0.717) is 11.1 Å². The Morgan fingerprint density at radius 3 is 2.57 bits per heavy atom. The average Bonchev–Trinajstić information content (AvgIpc) is 2.46. The summed E-state index contributed by atoms with van der Waals surface area (Å²) in [6.07, 6.45) is 2.17. The summed E-state index contributed by atoms with van der Waals surface area (Å²) in [4.78, 5) is 3.96. The van der Waals surface area contributed by atoms with Crippen LogP contribution in [0.1, 0.15) is 22.8 Å². The summed E-state index contributed by atoms with van der Waals surface area (Å²) >= 11 is 0. The molecule has 0 amide bonds. The molecule has 0 fully saturated rings. The van der Waals surface area contributed by atoms with Gasteiger partial charge in [-0.2, -0.15) is 8.78 Å². The first kappa shape index (κ1) is 15.2. The van der Waals surface area contributed by atoms with Gasteiger partial charge in [-0.05, 0) is 36.2 Å². The van der Waals surface area contributed by atoms with Crippen LogP contribution in [0.15, 0.2) is 36.7 Å². The predicted molar refractivity (Wildman–Crippen MR) is 72.7 cm³/mol. The molecule has 0 spiro atoms. The molecular formula is C15H15F2NO3. The van der Waals surface area contributed by atoms with E-state index in [0.717, 1.165) is 5.56 Å². The molecule has 2 aromatic rings. The summed E-state index contributed by atoms with van der Waals surface area (Å²) in [5.41, 5.74) is 1.87. The Bertz CT molecular complexity index is 620. The Hall–Kier alpha value is -2.21. The molecule has 0 saturated carbocycles. The first-order valence-electron chi connectivity index (χ1n) is 6.24. The Morgan fingerprint density at radius 1 is 1.19 bits per heavy atom. The molecule has 21 heavy (non-hydrogen) atoms. The lowest BCUT2D eigenvalue weighted by molar-refractivity contribution is -0.0513. The number of benzene rings is 1. The van der Waals surface area contributed by atoms with Gasteiger partial charge in [-0.25, -0.2) is 0 Å². The molecule has 0 aliphatic carbocycles. The second-order valence-corrected chi connectivity index (χ2v) is 4.42. The van der Waals surface area contributed by atoms with Crippen LogP contribution in [-0.2, 0) is 0 Å². The summed E-state index contributed by atoms with van der Waals surface area (Å²) in [5.74, 6) is 0.0553. The molecule has 2 rings (SSSR count).